The van der Waals surface area contributed by atoms with Gasteiger partial charge in [-0.15, -0.1) is 0 Å². The van der Waals surface area contributed by atoms with Crippen molar-refractivity contribution >= 4 is 17.7 Å². The van der Waals surface area contributed by atoms with Gasteiger partial charge in [0.05, 0.1) is 0 Å². The Morgan fingerprint density at radius 2 is 2.17 bits per heavy atom. The molecule has 0 aliphatic carbocycles. The Morgan fingerprint density at radius 1 is 1.58 bits per heavy atom. The van der Waals surface area contributed by atoms with Gasteiger partial charge < -0.3 is 10.4 Å². The van der Waals surface area contributed by atoms with E-state index < -0.39 is 12.0 Å². The first-order chi connectivity index (χ1) is 5.70. The van der Waals surface area contributed by atoms with Gasteiger partial charge in [-0.05, 0) is 31.3 Å². The van der Waals surface area contributed by atoms with Crippen molar-refractivity contribution < 1.29 is 9.90 Å². The van der Waals surface area contributed by atoms with E-state index in [9.17, 15) is 4.79 Å². The summed E-state index contributed by atoms with van der Waals surface area (Å²) in [6.45, 7) is 1.70. The molecule has 1 rings (SSSR count). The summed E-state index contributed by atoms with van der Waals surface area (Å²) >= 11 is 1.95. The molecule has 1 saturated heterocycles. The van der Waals surface area contributed by atoms with Gasteiger partial charge in [-0.2, -0.15) is 11.8 Å². The topological polar surface area (TPSA) is 49.3 Å². The van der Waals surface area contributed by atoms with Crippen molar-refractivity contribution in [2.24, 2.45) is 0 Å². The van der Waals surface area contributed by atoms with Crippen LogP contribution in [0.4, 0.5) is 0 Å². The maximum atomic E-state index is 10.5. The van der Waals surface area contributed by atoms with Gasteiger partial charge in [-0.1, -0.05) is 0 Å². The second-order valence-electron chi connectivity index (χ2n) is 3.11. The van der Waals surface area contributed by atoms with Crippen molar-refractivity contribution in [3.8, 4) is 0 Å². The normalized spacial score (nSPS) is 22.1. The van der Waals surface area contributed by atoms with E-state index in [0.29, 0.717) is 6.04 Å². The second kappa shape index (κ2) is 4.72. The SMILES string of the molecule is CC(NC1CCSCC1)C(=O)O. The Balaban J connectivity index is 2.24. The average molecular weight is 189 g/mol. The molecule has 0 radical (unpaired) electrons. The summed E-state index contributed by atoms with van der Waals surface area (Å²) in [6, 6.07) is 0.00968. The maximum absolute atomic E-state index is 10.5. The minimum Gasteiger partial charge on any atom is -0.480 e. The molecule has 1 aliphatic rings. The molecule has 2 N–H and O–H groups in total. The molecule has 12 heavy (non-hydrogen) atoms. The van der Waals surface area contributed by atoms with E-state index in [0.717, 1.165) is 24.3 Å². The highest BCUT2D eigenvalue weighted by molar-refractivity contribution is 7.99. The Hall–Kier alpha value is -0.220. The molecule has 0 bridgehead atoms. The van der Waals surface area contributed by atoms with Gasteiger partial charge in [-0.3, -0.25) is 4.79 Å². The fraction of sp³-hybridized carbons (Fsp3) is 0.875. The minimum atomic E-state index is -0.756. The van der Waals surface area contributed by atoms with Crippen LogP contribution in [0.2, 0.25) is 0 Å². The van der Waals surface area contributed by atoms with Crippen LogP contribution in [0.15, 0.2) is 0 Å². The Bertz CT molecular complexity index is 157. The molecule has 4 heteroatoms. The number of carboxylic acids is 1. The Kier molecular flexibility index (Phi) is 3.88. The number of hydrogen-bond acceptors (Lipinski definition) is 3. The number of thioether (sulfide) groups is 1. The van der Waals surface area contributed by atoms with Crippen LogP contribution in [-0.4, -0.2) is 34.7 Å². The van der Waals surface area contributed by atoms with Gasteiger partial charge in [0.2, 0.25) is 0 Å². The lowest BCUT2D eigenvalue weighted by Crippen LogP contribution is -2.42. The van der Waals surface area contributed by atoms with Crippen LogP contribution in [0.5, 0.6) is 0 Å². The van der Waals surface area contributed by atoms with Crippen LogP contribution in [0.25, 0.3) is 0 Å². The van der Waals surface area contributed by atoms with E-state index in [4.69, 9.17) is 5.11 Å². The van der Waals surface area contributed by atoms with Gasteiger partial charge in [0.15, 0.2) is 0 Å². The number of nitrogens with one attached hydrogen (secondary N) is 1. The lowest BCUT2D eigenvalue weighted by Gasteiger charge is -2.24. The molecule has 1 unspecified atom stereocenters. The molecule has 0 amide bonds. The first-order valence-electron chi connectivity index (χ1n) is 4.26. The summed E-state index contributed by atoms with van der Waals surface area (Å²) in [7, 11) is 0. The summed E-state index contributed by atoms with van der Waals surface area (Å²) in [5.74, 6) is 1.56. The number of carbonyl (C=O) groups is 1. The minimum absolute atomic E-state index is 0.405. The van der Waals surface area contributed by atoms with Crippen molar-refractivity contribution in [3.63, 3.8) is 0 Å². The maximum Gasteiger partial charge on any atom is 0.320 e. The molecule has 1 aliphatic heterocycles. The highest BCUT2D eigenvalue weighted by Crippen LogP contribution is 2.17. The monoisotopic (exact) mass is 189 g/mol. The van der Waals surface area contributed by atoms with Crippen LogP contribution >= 0.6 is 11.8 Å². The van der Waals surface area contributed by atoms with Crippen LogP contribution in [0.1, 0.15) is 19.8 Å². The number of carboxylic acid groups (broad SMARTS) is 1. The van der Waals surface area contributed by atoms with Gasteiger partial charge in [-0.25, -0.2) is 0 Å². The van der Waals surface area contributed by atoms with Crippen molar-refractivity contribution in [2.75, 3.05) is 11.5 Å². The Morgan fingerprint density at radius 3 is 2.67 bits per heavy atom. The Labute approximate surface area is 76.9 Å². The molecule has 0 aromatic carbocycles. The zero-order valence-electron chi connectivity index (χ0n) is 7.25. The lowest BCUT2D eigenvalue weighted by molar-refractivity contribution is -0.139. The van der Waals surface area contributed by atoms with Gasteiger partial charge >= 0.3 is 5.97 Å². The zero-order valence-corrected chi connectivity index (χ0v) is 8.06. The molecule has 0 aromatic heterocycles. The first-order valence-corrected chi connectivity index (χ1v) is 5.42. The van der Waals surface area contributed by atoms with Crippen LogP contribution in [0, 0.1) is 0 Å². The molecule has 1 heterocycles. The van der Waals surface area contributed by atoms with E-state index in [1.807, 2.05) is 11.8 Å². The van der Waals surface area contributed by atoms with Crippen LogP contribution in [0.3, 0.4) is 0 Å². The number of aliphatic carboxylic acids is 1. The van der Waals surface area contributed by atoms with E-state index >= 15 is 0 Å². The van der Waals surface area contributed by atoms with Gasteiger partial charge in [0.1, 0.15) is 6.04 Å². The zero-order chi connectivity index (χ0) is 8.97. The van der Waals surface area contributed by atoms with E-state index in [1.54, 1.807) is 6.92 Å². The fourth-order valence-corrected chi connectivity index (χ4v) is 2.40. The standard InChI is InChI=1S/C8H15NO2S/c1-6(8(10)11)9-7-2-4-12-5-3-7/h6-7,9H,2-5H2,1H3,(H,10,11). The molecular weight excluding hydrogens is 174 g/mol. The molecule has 0 aromatic rings. The van der Waals surface area contributed by atoms with Crippen molar-refractivity contribution in [1.29, 1.82) is 0 Å². The van der Waals surface area contributed by atoms with Gasteiger partial charge in [0.25, 0.3) is 0 Å². The fourth-order valence-electron chi connectivity index (χ4n) is 1.29. The lowest BCUT2D eigenvalue weighted by atomic mass is 10.1. The first kappa shape index (κ1) is 9.86. The molecule has 1 fully saturated rings. The van der Waals surface area contributed by atoms with Gasteiger partial charge in [0, 0.05) is 6.04 Å². The van der Waals surface area contributed by atoms with Crippen LogP contribution < -0.4 is 5.32 Å². The highest BCUT2D eigenvalue weighted by Gasteiger charge is 2.18. The van der Waals surface area contributed by atoms with E-state index in [-0.39, 0.29) is 0 Å². The summed E-state index contributed by atoms with van der Waals surface area (Å²) in [6.07, 6.45) is 2.20. The number of hydrogen-bond donors (Lipinski definition) is 2. The summed E-state index contributed by atoms with van der Waals surface area (Å²) in [5, 5.41) is 11.8. The van der Waals surface area contributed by atoms with Crippen molar-refractivity contribution in [2.45, 2.75) is 31.8 Å². The predicted octanol–water partition coefficient (Wildman–Crippen LogP) is 0.945. The third kappa shape index (κ3) is 3.03. The summed E-state index contributed by atoms with van der Waals surface area (Å²) in [5.41, 5.74) is 0. The van der Waals surface area contributed by atoms with Crippen LogP contribution in [-0.2, 0) is 4.79 Å². The molecule has 3 nitrogen and oxygen atoms in total. The predicted molar refractivity (Wildman–Crippen MR) is 50.6 cm³/mol. The third-order valence-electron chi connectivity index (χ3n) is 2.08. The number of rotatable bonds is 3. The molecular formula is C8H15NO2S. The average Bonchev–Trinajstić information content (AvgIpc) is 2.06. The van der Waals surface area contributed by atoms with Crippen molar-refractivity contribution in [1.82, 2.24) is 5.32 Å². The molecule has 70 valence electrons. The summed E-state index contributed by atoms with van der Waals surface area (Å²) < 4.78 is 0. The molecule has 0 spiro atoms. The van der Waals surface area contributed by atoms with E-state index in [2.05, 4.69) is 5.32 Å². The van der Waals surface area contributed by atoms with E-state index in [1.165, 1.54) is 0 Å². The highest BCUT2D eigenvalue weighted by atomic mass is 32.2. The largest absolute Gasteiger partial charge is 0.480 e. The smallest absolute Gasteiger partial charge is 0.320 e. The molecule has 1 atom stereocenters. The summed E-state index contributed by atoms with van der Waals surface area (Å²) in [4.78, 5) is 10.5. The molecule has 0 saturated carbocycles. The van der Waals surface area contributed by atoms with Crippen molar-refractivity contribution in [3.05, 3.63) is 0 Å². The second-order valence-corrected chi connectivity index (χ2v) is 4.34. The quantitative estimate of drug-likeness (QED) is 0.694. The third-order valence-corrected chi connectivity index (χ3v) is 3.13.